The van der Waals surface area contributed by atoms with E-state index in [-0.39, 0.29) is 22.6 Å². The number of alkyl halides is 3. The van der Waals surface area contributed by atoms with Crippen LogP contribution in [-0.4, -0.2) is 35.1 Å². The van der Waals surface area contributed by atoms with Gasteiger partial charge in [0.2, 0.25) is 5.82 Å². The van der Waals surface area contributed by atoms with Gasteiger partial charge in [-0.2, -0.15) is 13.8 Å². The molecule has 1 aromatic carbocycles. The van der Waals surface area contributed by atoms with E-state index in [2.05, 4.69) is 19.6 Å². The molecule has 142 valence electrons. The van der Waals surface area contributed by atoms with E-state index in [1.807, 2.05) is 0 Å². The highest BCUT2D eigenvalue weighted by Gasteiger charge is 2.35. The Hall–Kier alpha value is -2.66. The molecule has 3 aromatic rings. The van der Waals surface area contributed by atoms with Crippen LogP contribution in [0, 0.1) is 0 Å². The van der Waals surface area contributed by atoms with Crippen LogP contribution in [0.2, 0.25) is 0 Å². The Balaban J connectivity index is 1.71. The summed E-state index contributed by atoms with van der Waals surface area (Å²) in [5, 5.41) is -0.411. The molecule has 0 N–H and O–H groups in total. The first kappa shape index (κ1) is 19.1. The van der Waals surface area contributed by atoms with Crippen LogP contribution in [0.4, 0.5) is 8.78 Å². The van der Waals surface area contributed by atoms with Crippen LogP contribution in [0.5, 0.6) is 0 Å². The molecule has 8 nitrogen and oxygen atoms in total. The molecule has 0 saturated carbocycles. The van der Waals surface area contributed by atoms with Gasteiger partial charge in [0.1, 0.15) is 12.0 Å². The summed E-state index contributed by atoms with van der Waals surface area (Å²) < 4.78 is 59.0. The summed E-state index contributed by atoms with van der Waals surface area (Å²) in [5.41, 5.74) is 0.601. The van der Waals surface area contributed by atoms with Gasteiger partial charge in [0.15, 0.2) is 22.0 Å². The Morgan fingerprint density at radius 2 is 1.93 bits per heavy atom. The quantitative estimate of drug-likeness (QED) is 0.425. The summed E-state index contributed by atoms with van der Waals surface area (Å²) in [5.74, 6) is -2.98. The minimum absolute atomic E-state index is 0.119. The standard InChI is InChI=1S/C15H10ClF2N3O5S/c16-15(17,18)14-20-13(21-26-14)10-3-1-9(2-4-10)12(22)7-27(23,24)6-11-5-25-8-19-11/h1-5,8H,6-7H2. The average molecular weight is 418 g/mol. The lowest BCUT2D eigenvalue weighted by atomic mass is 10.1. The number of aromatic nitrogens is 3. The molecule has 0 saturated heterocycles. The van der Waals surface area contributed by atoms with Crippen LogP contribution >= 0.6 is 11.6 Å². The predicted octanol–water partition coefficient (Wildman–Crippen LogP) is 2.81. The normalized spacial score (nSPS) is 12.3. The van der Waals surface area contributed by atoms with E-state index >= 15 is 0 Å². The van der Waals surface area contributed by atoms with Crippen LogP contribution in [-0.2, 0) is 21.0 Å². The van der Waals surface area contributed by atoms with Crippen molar-refractivity contribution in [3.8, 4) is 11.4 Å². The highest BCUT2D eigenvalue weighted by atomic mass is 35.5. The Bertz CT molecular complexity index is 1040. The third-order valence-corrected chi connectivity index (χ3v) is 4.94. The van der Waals surface area contributed by atoms with Gasteiger partial charge in [-0.05, 0) is 11.6 Å². The second kappa shape index (κ2) is 7.16. The van der Waals surface area contributed by atoms with Crippen molar-refractivity contribution in [2.24, 2.45) is 0 Å². The van der Waals surface area contributed by atoms with Crippen LogP contribution in [0.25, 0.3) is 11.4 Å². The van der Waals surface area contributed by atoms with Crippen molar-refractivity contribution < 1.29 is 30.9 Å². The van der Waals surface area contributed by atoms with Crippen molar-refractivity contribution in [3.05, 3.63) is 54.1 Å². The van der Waals surface area contributed by atoms with Crippen LogP contribution in [0.15, 0.2) is 45.9 Å². The SMILES string of the molecule is O=C(CS(=O)(=O)Cc1cocn1)c1ccc(-c2noc(C(F)(F)Cl)n2)cc1. The molecule has 2 heterocycles. The number of sulfone groups is 1. The molecule has 12 heteroatoms. The van der Waals surface area contributed by atoms with Crippen LogP contribution in [0.1, 0.15) is 21.9 Å². The molecule has 0 unspecified atom stereocenters. The number of Topliss-reactive ketones (excluding diaryl/α,β-unsaturated/α-hetero) is 1. The Morgan fingerprint density at radius 3 is 2.48 bits per heavy atom. The van der Waals surface area contributed by atoms with Crippen LogP contribution < -0.4 is 0 Å². The van der Waals surface area contributed by atoms with Gasteiger partial charge < -0.3 is 8.94 Å². The van der Waals surface area contributed by atoms with Crippen LogP contribution in [0.3, 0.4) is 0 Å². The van der Waals surface area contributed by atoms with Gasteiger partial charge >= 0.3 is 11.3 Å². The van der Waals surface area contributed by atoms with E-state index in [9.17, 15) is 22.0 Å². The Kier molecular flexibility index (Phi) is 5.07. The number of carbonyl (C=O) groups excluding carboxylic acids is 1. The molecule has 0 atom stereocenters. The zero-order valence-electron chi connectivity index (χ0n) is 13.3. The molecule has 27 heavy (non-hydrogen) atoms. The maximum Gasteiger partial charge on any atom is 0.400 e. The first-order valence-corrected chi connectivity index (χ1v) is 9.46. The maximum absolute atomic E-state index is 12.9. The topological polar surface area (TPSA) is 116 Å². The first-order chi connectivity index (χ1) is 12.6. The van der Waals surface area contributed by atoms with Gasteiger partial charge in [-0.3, -0.25) is 4.79 Å². The molecule has 0 aliphatic heterocycles. The minimum Gasteiger partial charge on any atom is -0.451 e. The molecule has 0 amide bonds. The molecule has 3 rings (SSSR count). The zero-order valence-corrected chi connectivity index (χ0v) is 14.9. The van der Waals surface area contributed by atoms with Gasteiger partial charge in [-0.25, -0.2) is 13.4 Å². The number of benzene rings is 1. The summed E-state index contributed by atoms with van der Waals surface area (Å²) in [6.45, 7) is 0. The summed E-state index contributed by atoms with van der Waals surface area (Å²) in [4.78, 5) is 19.4. The molecule has 2 aromatic heterocycles. The van der Waals surface area contributed by atoms with Crippen molar-refractivity contribution in [1.29, 1.82) is 0 Å². The lowest BCUT2D eigenvalue weighted by molar-refractivity contribution is 0.0551. The Labute approximate surface area is 156 Å². The fourth-order valence-corrected chi connectivity index (χ4v) is 3.47. The molecular weight excluding hydrogens is 408 g/mol. The second-order valence-electron chi connectivity index (χ2n) is 5.43. The van der Waals surface area contributed by atoms with E-state index in [1.54, 1.807) is 0 Å². The average Bonchev–Trinajstić information content (AvgIpc) is 3.25. The van der Waals surface area contributed by atoms with Gasteiger partial charge in [-0.15, -0.1) is 0 Å². The van der Waals surface area contributed by atoms with E-state index in [0.29, 0.717) is 0 Å². The number of halogens is 3. The van der Waals surface area contributed by atoms with Crippen molar-refractivity contribution in [2.45, 2.75) is 11.1 Å². The van der Waals surface area contributed by atoms with Crippen molar-refractivity contribution >= 4 is 27.2 Å². The van der Waals surface area contributed by atoms with Gasteiger partial charge in [-0.1, -0.05) is 29.4 Å². The summed E-state index contributed by atoms with van der Waals surface area (Å²) >= 11 is 4.80. The van der Waals surface area contributed by atoms with E-state index in [0.717, 1.165) is 6.39 Å². The fourth-order valence-electron chi connectivity index (χ4n) is 2.13. The van der Waals surface area contributed by atoms with E-state index in [1.165, 1.54) is 30.5 Å². The molecule has 0 fully saturated rings. The first-order valence-electron chi connectivity index (χ1n) is 7.26. The number of ketones is 1. The smallest absolute Gasteiger partial charge is 0.400 e. The molecule has 0 aliphatic rings. The molecule has 0 bridgehead atoms. The fraction of sp³-hybridized carbons (Fsp3) is 0.200. The molecule has 0 radical (unpaired) electrons. The summed E-state index contributed by atoms with van der Waals surface area (Å²) in [6.07, 6.45) is 2.27. The van der Waals surface area contributed by atoms with Gasteiger partial charge in [0.05, 0.1) is 11.4 Å². The van der Waals surface area contributed by atoms with Gasteiger partial charge in [0.25, 0.3) is 0 Å². The number of oxazole rings is 1. The number of carbonyl (C=O) groups is 1. The summed E-state index contributed by atoms with van der Waals surface area (Å²) in [7, 11) is -3.74. The molecular formula is C15H10ClF2N3O5S. The summed E-state index contributed by atoms with van der Waals surface area (Å²) in [6, 6.07) is 5.41. The number of hydrogen-bond donors (Lipinski definition) is 0. The lowest BCUT2D eigenvalue weighted by Crippen LogP contribution is -2.18. The highest BCUT2D eigenvalue weighted by molar-refractivity contribution is 7.91. The zero-order chi connectivity index (χ0) is 19.7. The van der Waals surface area contributed by atoms with Crippen molar-refractivity contribution in [3.63, 3.8) is 0 Å². The number of nitrogens with zero attached hydrogens (tertiary/aromatic N) is 3. The number of hydrogen-bond acceptors (Lipinski definition) is 8. The monoisotopic (exact) mass is 417 g/mol. The largest absolute Gasteiger partial charge is 0.451 e. The van der Waals surface area contributed by atoms with Crippen molar-refractivity contribution in [1.82, 2.24) is 15.1 Å². The predicted molar refractivity (Wildman–Crippen MR) is 87.8 cm³/mol. The number of rotatable bonds is 7. The second-order valence-corrected chi connectivity index (χ2v) is 7.97. The lowest BCUT2D eigenvalue weighted by Gasteiger charge is -2.03. The molecule has 0 aliphatic carbocycles. The minimum atomic E-state index is -3.79. The van der Waals surface area contributed by atoms with Gasteiger partial charge in [0, 0.05) is 11.1 Å². The highest BCUT2D eigenvalue weighted by Crippen LogP contribution is 2.32. The third-order valence-electron chi connectivity index (χ3n) is 3.34. The molecule has 0 spiro atoms. The Morgan fingerprint density at radius 1 is 1.22 bits per heavy atom. The third kappa shape index (κ3) is 4.74. The van der Waals surface area contributed by atoms with Crippen molar-refractivity contribution in [2.75, 3.05) is 5.75 Å². The maximum atomic E-state index is 12.9. The van der Waals surface area contributed by atoms with E-state index < -0.39 is 38.4 Å². The van der Waals surface area contributed by atoms with E-state index in [4.69, 9.17) is 16.0 Å².